The lowest BCUT2D eigenvalue weighted by Crippen LogP contribution is -2.40. The molecule has 2 aliphatic rings. The Labute approximate surface area is 150 Å². The Morgan fingerprint density at radius 1 is 1.33 bits per heavy atom. The van der Waals surface area contributed by atoms with Crippen molar-refractivity contribution in [3.63, 3.8) is 0 Å². The molecule has 2 fully saturated rings. The highest BCUT2D eigenvalue weighted by Crippen LogP contribution is 2.53. The SMILES string of the molecule is O=C(OC[C@@H]1CC1(Cl)Cl)c1cccc(S(=O)(=O)N2CCOCC2)c1. The number of alkyl halides is 2. The molecule has 0 N–H and O–H groups in total. The van der Waals surface area contributed by atoms with Gasteiger partial charge in [-0.2, -0.15) is 4.31 Å². The number of morpholine rings is 1. The van der Waals surface area contributed by atoms with Crippen LogP contribution in [0.5, 0.6) is 0 Å². The van der Waals surface area contributed by atoms with Crippen molar-refractivity contribution in [2.45, 2.75) is 15.6 Å². The number of benzene rings is 1. The third-order valence-electron chi connectivity index (χ3n) is 4.05. The van der Waals surface area contributed by atoms with Crippen LogP contribution in [0.4, 0.5) is 0 Å². The molecule has 24 heavy (non-hydrogen) atoms. The molecule has 0 unspecified atom stereocenters. The summed E-state index contributed by atoms with van der Waals surface area (Å²) in [7, 11) is -3.65. The number of sulfonamides is 1. The maximum absolute atomic E-state index is 12.6. The molecular weight excluding hydrogens is 377 g/mol. The molecule has 132 valence electrons. The molecule has 0 aromatic heterocycles. The van der Waals surface area contributed by atoms with Crippen molar-refractivity contribution >= 4 is 39.2 Å². The minimum atomic E-state index is -3.65. The molecule has 0 bridgehead atoms. The van der Waals surface area contributed by atoms with Crippen LogP contribution in [0.3, 0.4) is 0 Å². The summed E-state index contributed by atoms with van der Waals surface area (Å²) in [6.45, 7) is 1.44. The first-order valence-electron chi connectivity index (χ1n) is 7.53. The summed E-state index contributed by atoms with van der Waals surface area (Å²) in [4.78, 5) is 12.2. The van der Waals surface area contributed by atoms with Gasteiger partial charge in [-0.3, -0.25) is 0 Å². The van der Waals surface area contributed by atoms with Gasteiger partial charge in [0.25, 0.3) is 0 Å². The average molecular weight is 394 g/mol. The lowest BCUT2D eigenvalue weighted by Gasteiger charge is -2.26. The van der Waals surface area contributed by atoms with Gasteiger partial charge >= 0.3 is 5.97 Å². The van der Waals surface area contributed by atoms with Crippen LogP contribution >= 0.6 is 23.2 Å². The van der Waals surface area contributed by atoms with E-state index in [2.05, 4.69) is 0 Å². The van der Waals surface area contributed by atoms with E-state index in [4.69, 9.17) is 32.7 Å². The van der Waals surface area contributed by atoms with E-state index in [0.29, 0.717) is 32.7 Å². The number of hydrogen-bond donors (Lipinski definition) is 0. The lowest BCUT2D eigenvalue weighted by molar-refractivity contribution is 0.0485. The minimum Gasteiger partial charge on any atom is -0.462 e. The summed E-state index contributed by atoms with van der Waals surface area (Å²) in [6.07, 6.45) is 0.578. The standard InChI is InChI=1S/C15H17Cl2NO5S/c16-15(17)9-12(15)10-23-14(19)11-2-1-3-13(8-11)24(20,21)18-4-6-22-7-5-18/h1-3,8,12H,4-7,9-10H2/t12-/m0/s1. The molecule has 1 aliphatic heterocycles. The zero-order valence-corrected chi connectivity index (χ0v) is 15.1. The molecule has 0 radical (unpaired) electrons. The van der Waals surface area contributed by atoms with Gasteiger partial charge < -0.3 is 9.47 Å². The normalized spacial score (nSPS) is 23.7. The first-order valence-corrected chi connectivity index (χ1v) is 9.73. The van der Waals surface area contributed by atoms with Crippen LogP contribution in [0, 0.1) is 5.92 Å². The Balaban J connectivity index is 1.70. The van der Waals surface area contributed by atoms with Gasteiger partial charge in [-0.05, 0) is 24.6 Å². The van der Waals surface area contributed by atoms with Crippen LogP contribution in [0.2, 0.25) is 0 Å². The Hall–Kier alpha value is -0.860. The summed E-state index contributed by atoms with van der Waals surface area (Å²) in [6, 6.07) is 5.83. The number of esters is 1. The van der Waals surface area contributed by atoms with Crippen LogP contribution in [0.1, 0.15) is 16.8 Å². The fourth-order valence-electron chi connectivity index (χ4n) is 2.43. The summed E-state index contributed by atoms with van der Waals surface area (Å²) < 4.78 is 36.1. The Morgan fingerprint density at radius 2 is 2.00 bits per heavy atom. The minimum absolute atomic E-state index is 0.0642. The van der Waals surface area contributed by atoms with Gasteiger partial charge in [0.1, 0.15) is 4.33 Å². The predicted molar refractivity (Wildman–Crippen MR) is 88.8 cm³/mol. The summed E-state index contributed by atoms with van der Waals surface area (Å²) in [5.74, 6) is -0.671. The van der Waals surface area contributed by atoms with Crippen molar-refractivity contribution < 1.29 is 22.7 Å². The van der Waals surface area contributed by atoms with Crippen LogP contribution in [-0.2, 0) is 19.5 Å². The summed E-state index contributed by atoms with van der Waals surface area (Å²) in [5, 5.41) is 0. The first-order chi connectivity index (χ1) is 11.3. The van der Waals surface area contributed by atoms with Crippen LogP contribution in [-0.4, -0.2) is 55.9 Å². The highest BCUT2D eigenvalue weighted by atomic mass is 35.5. The van der Waals surface area contributed by atoms with E-state index in [1.54, 1.807) is 0 Å². The van der Waals surface area contributed by atoms with Gasteiger partial charge in [-0.1, -0.05) is 6.07 Å². The van der Waals surface area contributed by atoms with E-state index >= 15 is 0 Å². The number of ether oxygens (including phenoxy) is 2. The van der Waals surface area contributed by atoms with Crippen molar-refractivity contribution in [2.24, 2.45) is 5.92 Å². The largest absolute Gasteiger partial charge is 0.462 e. The second-order valence-electron chi connectivity index (χ2n) is 5.80. The van der Waals surface area contributed by atoms with Crippen molar-refractivity contribution in [1.29, 1.82) is 0 Å². The van der Waals surface area contributed by atoms with Gasteiger partial charge in [-0.25, -0.2) is 13.2 Å². The number of hydrogen-bond acceptors (Lipinski definition) is 5. The zero-order valence-electron chi connectivity index (χ0n) is 12.8. The van der Waals surface area contributed by atoms with E-state index < -0.39 is 20.3 Å². The Bertz CT molecular complexity index is 731. The first kappa shape index (κ1) is 17.9. The van der Waals surface area contributed by atoms with Gasteiger partial charge in [0.15, 0.2) is 0 Å². The third kappa shape index (κ3) is 3.86. The predicted octanol–water partition coefficient (Wildman–Crippen LogP) is 2.06. The van der Waals surface area contributed by atoms with Gasteiger partial charge in [0.05, 0.1) is 30.3 Å². The van der Waals surface area contributed by atoms with Crippen LogP contribution in [0.25, 0.3) is 0 Å². The topological polar surface area (TPSA) is 72.9 Å². The number of halogens is 2. The molecule has 1 saturated carbocycles. The molecule has 1 atom stereocenters. The molecule has 0 amide bonds. The molecule has 0 spiro atoms. The molecule has 1 saturated heterocycles. The second kappa shape index (κ2) is 6.80. The molecule has 6 nitrogen and oxygen atoms in total. The lowest BCUT2D eigenvalue weighted by atomic mass is 10.2. The highest BCUT2D eigenvalue weighted by Gasteiger charge is 2.52. The van der Waals surface area contributed by atoms with Crippen molar-refractivity contribution in [2.75, 3.05) is 32.9 Å². The molecule has 1 heterocycles. The monoisotopic (exact) mass is 393 g/mol. The number of nitrogens with zero attached hydrogens (tertiary/aromatic N) is 1. The van der Waals surface area contributed by atoms with Gasteiger partial charge in [0, 0.05) is 19.0 Å². The number of carbonyl (C=O) groups is 1. The van der Waals surface area contributed by atoms with Crippen molar-refractivity contribution in [3.8, 4) is 0 Å². The van der Waals surface area contributed by atoms with E-state index in [1.807, 2.05) is 0 Å². The average Bonchev–Trinajstić information content (AvgIpc) is 3.20. The second-order valence-corrected chi connectivity index (χ2v) is 9.29. The fraction of sp³-hybridized carbons (Fsp3) is 0.533. The van der Waals surface area contributed by atoms with Crippen LogP contribution in [0.15, 0.2) is 29.2 Å². The van der Waals surface area contributed by atoms with E-state index in [9.17, 15) is 13.2 Å². The maximum atomic E-state index is 12.6. The fourth-order valence-corrected chi connectivity index (χ4v) is 4.38. The van der Waals surface area contributed by atoms with E-state index in [0.717, 1.165) is 0 Å². The Morgan fingerprint density at radius 3 is 2.62 bits per heavy atom. The molecule has 1 aromatic carbocycles. The third-order valence-corrected chi connectivity index (χ3v) is 6.87. The highest BCUT2D eigenvalue weighted by molar-refractivity contribution is 7.89. The summed E-state index contributed by atoms with van der Waals surface area (Å²) >= 11 is 11.8. The van der Waals surface area contributed by atoms with Crippen LogP contribution < -0.4 is 0 Å². The van der Waals surface area contributed by atoms with Crippen molar-refractivity contribution in [1.82, 2.24) is 4.31 Å². The Kier molecular flexibility index (Phi) is 5.09. The van der Waals surface area contributed by atoms with Crippen molar-refractivity contribution in [3.05, 3.63) is 29.8 Å². The smallest absolute Gasteiger partial charge is 0.338 e. The maximum Gasteiger partial charge on any atom is 0.338 e. The van der Waals surface area contributed by atoms with Gasteiger partial charge in [-0.15, -0.1) is 23.2 Å². The van der Waals surface area contributed by atoms with E-state index in [1.165, 1.54) is 28.6 Å². The van der Waals surface area contributed by atoms with E-state index in [-0.39, 0.29) is 23.0 Å². The quantitative estimate of drug-likeness (QED) is 0.565. The molecule has 1 aromatic rings. The summed E-state index contributed by atoms with van der Waals surface area (Å²) in [5.41, 5.74) is 0.180. The van der Waals surface area contributed by atoms with Gasteiger partial charge in [0.2, 0.25) is 10.0 Å². The zero-order chi connectivity index (χ0) is 17.4. The molecule has 9 heteroatoms. The molecule has 1 aliphatic carbocycles. The molecule has 3 rings (SSSR count). The number of rotatable bonds is 5. The number of carbonyl (C=O) groups excluding carboxylic acids is 1. The molecular formula is C15H17Cl2NO5S.